The molecule has 156 valence electrons. The molecule has 0 aliphatic carbocycles. The normalized spacial score (nSPS) is 14.7. The molecule has 3 rings (SSSR count). The molecule has 0 atom stereocenters. The van der Waals surface area contributed by atoms with Gasteiger partial charge in [-0.15, -0.1) is 11.8 Å². The highest BCUT2D eigenvalue weighted by Crippen LogP contribution is 2.31. The van der Waals surface area contributed by atoms with Crippen LogP contribution in [0.1, 0.15) is 16.7 Å². The van der Waals surface area contributed by atoms with Crippen molar-refractivity contribution < 1.29 is 14.3 Å². The number of hydrogen-bond donors (Lipinski definition) is 0. The van der Waals surface area contributed by atoms with Gasteiger partial charge in [-0.3, -0.25) is 14.7 Å². The predicted molar refractivity (Wildman–Crippen MR) is 117 cm³/mol. The fraction of sp³-hybridized carbons (Fsp3) is 0.455. The quantitative estimate of drug-likeness (QED) is 0.661. The van der Waals surface area contributed by atoms with Gasteiger partial charge in [-0.1, -0.05) is 0 Å². The van der Waals surface area contributed by atoms with E-state index in [9.17, 15) is 4.79 Å². The molecule has 1 aromatic carbocycles. The minimum absolute atomic E-state index is 0.219. The van der Waals surface area contributed by atoms with E-state index < -0.39 is 0 Å². The number of aromatic nitrogens is 1. The Balaban J connectivity index is 1.44. The van der Waals surface area contributed by atoms with Crippen LogP contribution in [0, 0.1) is 6.92 Å². The number of ether oxygens (including phenoxy) is 2. The molecule has 7 heteroatoms. The number of carbonyl (C=O) groups is 1. The van der Waals surface area contributed by atoms with Crippen LogP contribution in [0.3, 0.4) is 0 Å². The van der Waals surface area contributed by atoms with Crippen molar-refractivity contribution in [3.05, 3.63) is 53.3 Å². The van der Waals surface area contributed by atoms with Crippen molar-refractivity contribution in [3.8, 4) is 11.5 Å². The molecule has 6 nitrogen and oxygen atoms in total. The van der Waals surface area contributed by atoms with Crippen LogP contribution in [0.5, 0.6) is 11.5 Å². The molecule has 0 spiro atoms. The number of methoxy groups -OCH3 is 2. The molecule has 0 N–H and O–H groups in total. The largest absolute Gasteiger partial charge is 0.493 e. The lowest BCUT2D eigenvalue weighted by Gasteiger charge is -2.34. The van der Waals surface area contributed by atoms with Crippen LogP contribution in [0.15, 0.2) is 36.7 Å². The van der Waals surface area contributed by atoms with Gasteiger partial charge in [0.2, 0.25) is 5.91 Å². The summed E-state index contributed by atoms with van der Waals surface area (Å²) in [4.78, 5) is 21.0. The van der Waals surface area contributed by atoms with Gasteiger partial charge in [0.25, 0.3) is 0 Å². The highest BCUT2D eigenvalue weighted by atomic mass is 32.2. The van der Waals surface area contributed by atoms with Gasteiger partial charge in [-0.25, -0.2) is 0 Å². The Morgan fingerprint density at radius 3 is 2.38 bits per heavy atom. The van der Waals surface area contributed by atoms with Crippen LogP contribution >= 0.6 is 11.8 Å². The summed E-state index contributed by atoms with van der Waals surface area (Å²) in [6.45, 7) is 6.38. The Morgan fingerprint density at radius 1 is 1.07 bits per heavy atom. The van der Waals surface area contributed by atoms with Crippen LogP contribution in [-0.2, 0) is 17.1 Å². The zero-order valence-electron chi connectivity index (χ0n) is 17.4. The molecule has 2 heterocycles. The zero-order valence-corrected chi connectivity index (χ0v) is 18.2. The van der Waals surface area contributed by atoms with Gasteiger partial charge in [-0.05, 0) is 47.9 Å². The lowest BCUT2D eigenvalue weighted by Crippen LogP contribution is -2.48. The van der Waals surface area contributed by atoms with Crippen molar-refractivity contribution in [3.63, 3.8) is 0 Å². The van der Waals surface area contributed by atoms with Gasteiger partial charge in [0.1, 0.15) is 0 Å². The Labute approximate surface area is 177 Å². The average Bonchev–Trinajstić information content (AvgIpc) is 2.75. The molecule has 2 aromatic rings. The third-order valence-electron chi connectivity index (χ3n) is 5.21. The first-order valence-corrected chi connectivity index (χ1v) is 10.9. The molecule has 0 radical (unpaired) electrons. The first-order valence-electron chi connectivity index (χ1n) is 9.79. The van der Waals surface area contributed by atoms with E-state index in [2.05, 4.69) is 16.8 Å². The topological polar surface area (TPSA) is 54.9 Å². The molecule has 1 fully saturated rings. The number of rotatable bonds is 8. The van der Waals surface area contributed by atoms with Crippen LogP contribution in [0.4, 0.5) is 0 Å². The number of benzene rings is 1. The molecule has 0 bridgehead atoms. The standard InChI is InChI=1S/C22H29N3O3S/c1-17-12-20(27-2)21(28-3)13-19(17)15-29-16-22(26)25-10-8-24(9-11-25)14-18-4-6-23-7-5-18/h4-7,12-13H,8-11,14-16H2,1-3H3. The minimum atomic E-state index is 0.219. The molecule has 1 amide bonds. The van der Waals surface area contributed by atoms with Gasteiger partial charge >= 0.3 is 0 Å². The van der Waals surface area contributed by atoms with Gasteiger partial charge in [0.15, 0.2) is 11.5 Å². The second kappa shape index (κ2) is 10.5. The molecular formula is C22H29N3O3S. The number of thioether (sulfide) groups is 1. The van der Waals surface area contributed by atoms with Gasteiger partial charge in [-0.2, -0.15) is 0 Å². The molecule has 1 aromatic heterocycles. The van der Waals surface area contributed by atoms with Gasteiger partial charge < -0.3 is 14.4 Å². The Bertz CT molecular complexity index is 808. The number of hydrogen-bond acceptors (Lipinski definition) is 6. The minimum Gasteiger partial charge on any atom is -0.493 e. The first kappa shape index (κ1) is 21.5. The van der Waals surface area contributed by atoms with Crippen LogP contribution in [0.25, 0.3) is 0 Å². The van der Waals surface area contributed by atoms with E-state index >= 15 is 0 Å². The smallest absolute Gasteiger partial charge is 0.232 e. The number of nitrogens with zero attached hydrogens (tertiary/aromatic N) is 3. The summed E-state index contributed by atoms with van der Waals surface area (Å²) in [5.74, 6) is 2.96. The van der Waals surface area contributed by atoms with Crippen molar-refractivity contribution in [2.75, 3.05) is 46.2 Å². The maximum Gasteiger partial charge on any atom is 0.232 e. The van der Waals surface area contributed by atoms with Gasteiger partial charge in [0.05, 0.1) is 20.0 Å². The van der Waals surface area contributed by atoms with E-state index in [0.29, 0.717) is 5.75 Å². The Morgan fingerprint density at radius 2 is 1.72 bits per heavy atom. The summed E-state index contributed by atoms with van der Waals surface area (Å²) in [7, 11) is 3.28. The summed E-state index contributed by atoms with van der Waals surface area (Å²) in [6.07, 6.45) is 3.65. The molecule has 0 saturated carbocycles. The number of aryl methyl sites for hydroxylation is 1. The summed E-state index contributed by atoms with van der Waals surface area (Å²) >= 11 is 1.65. The highest BCUT2D eigenvalue weighted by molar-refractivity contribution is 7.99. The van der Waals surface area contributed by atoms with Crippen LogP contribution in [0.2, 0.25) is 0 Å². The maximum absolute atomic E-state index is 12.6. The molecule has 1 aliphatic heterocycles. The molecular weight excluding hydrogens is 386 g/mol. The fourth-order valence-electron chi connectivity index (χ4n) is 3.42. The molecule has 29 heavy (non-hydrogen) atoms. The Kier molecular flexibility index (Phi) is 7.77. The van der Waals surface area contributed by atoms with Crippen molar-refractivity contribution in [2.45, 2.75) is 19.2 Å². The average molecular weight is 416 g/mol. The number of carbonyl (C=O) groups excluding carboxylic acids is 1. The molecule has 0 unspecified atom stereocenters. The fourth-order valence-corrected chi connectivity index (χ4v) is 4.41. The van der Waals surface area contributed by atoms with E-state index in [4.69, 9.17) is 9.47 Å². The predicted octanol–water partition coefficient (Wildman–Crippen LogP) is 2.98. The van der Waals surface area contributed by atoms with Crippen LogP contribution in [-0.4, -0.2) is 66.8 Å². The summed E-state index contributed by atoms with van der Waals surface area (Å²) < 4.78 is 10.7. The summed E-state index contributed by atoms with van der Waals surface area (Å²) in [5, 5.41) is 0. The van der Waals surface area contributed by atoms with E-state index in [-0.39, 0.29) is 5.91 Å². The number of pyridine rings is 1. The second-order valence-corrected chi connectivity index (χ2v) is 8.12. The first-order chi connectivity index (χ1) is 14.1. The SMILES string of the molecule is COc1cc(C)c(CSCC(=O)N2CCN(Cc3ccncc3)CC2)cc1OC. The summed E-state index contributed by atoms with van der Waals surface area (Å²) in [5.41, 5.74) is 3.58. The maximum atomic E-state index is 12.6. The summed E-state index contributed by atoms with van der Waals surface area (Å²) in [6, 6.07) is 8.08. The van der Waals surface area contributed by atoms with Gasteiger partial charge in [0, 0.05) is 50.9 Å². The van der Waals surface area contributed by atoms with Crippen LogP contribution < -0.4 is 9.47 Å². The molecule has 1 saturated heterocycles. The zero-order chi connectivity index (χ0) is 20.6. The third-order valence-corrected chi connectivity index (χ3v) is 6.17. The van der Waals surface area contributed by atoms with E-state index in [1.807, 2.05) is 41.6 Å². The van der Waals surface area contributed by atoms with E-state index in [1.165, 1.54) is 11.1 Å². The van der Waals surface area contributed by atoms with Crippen molar-refractivity contribution >= 4 is 17.7 Å². The monoisotopic (exact) mass is 415 g/mol. The lowest BCUT2D eigenvalue weighted by molar-refractivity contribution is -0.130. The second-order valence-electron chi connectivity index (χ2n) is 7.14. The van der Waals surface area contributed by atoms with Crippen molar-refractivity contribution in [1.82, 2.24) is 14.8 Å². The number of amides is 1. The lowest BCUT2D eigenvalue weighted by atomic mass is 10.1. The molecule has 1 aliphatic rings. The van der Waals surface area contributed by atoms with Crippen molar-refractivity contribution in [1.29, 1.82) is 0 Å². The highest BCUT2D eigenvalue weighted by Gasteiger charge is 2.21. The van der Waals surface area contributed by atoms with E-state index in [1.54, 1.807) is 26.0 Å². The third kappa shape index (κ3) is 5.87. The van der Waals surface area contributed by atoms with Crippen molar-refractivity contribution in [2.24, 2.45) is 0 Å². The number of piperazine rings is 1. The Hall–Kier alpha value is -2.25. The van der Waals surface area contributed by atoms with E-state index in [0.717, 1.165) is 55.5 Å².